The highest BCUT2D eigenvalue weighted by Gasteiger charge is 2.38. The highest BCUT2D eigenvalue weighted by Crippen LogP contribution is 2.52. The zero-order valence-corrected chi connectivity index (χ0v) is 14.6. The lowest BCUT2D eigenvalue weighted by molar-refractivity contribution is 0.656. The number of rotatable bonds is 0. The van der Waals surface area contributed by atoms with Gasteiger partial charge >= 0.3 is 0 Å². The van der Waals surface area contributed by atoms with Crippen molar-refractivity contribution in [2.24, 2.45) is 0 Å². The number of hydrogen-bond donors (Lipinski definition) is 0. The first-order valence-electron chi connectivity index (χ1n) is 8.84. The average Bonchev–Trinajstić information content (AvgIpc) is 3.12. The second kappa shape index (κ2) is 4.50. The van der Waals surface area contributed by atoms with Crippen LogP contribution in [0.15, 0.2) is 65.5 Å². The van der Waals surface area contributed by atoms with Crippen molar-refractivity contribution in [1.82, 2.24) is 9.97 Å². The predicted molar refractivity (Wildman–Crippen MR) is 104 cm³/mol. The first-order chi connectivity index (χ1) is 12.6. The van der Waals surface area contributed by atoms with Crippen molar-refractivity contribution in [3.63, 3.8) is 0 Å². The van der Waals surface area contributed by atoms with Crippen molar-refractivity contribution >= 4 is 32.7 Å². The van der Waals surface area contributed by atoms with E-state index in [-0.39, 0.29) is 5.41 Å². The van der Waals surface area contributed by atoms with Gasteiger partial charge in [0.25, 0.3) is 0 Å². The summed E-state index contributed by atoms with van der Waals surface area (Å²) in [6.07, 6.45) is 5.61. The molecule has 3 nitrogen and oxygen atoms in total. The summed E-state index contributed by atoms with van der Waals surface area (Å²) in [6.45, 7) is 4.56. The van der Waals surface area contributed by atoms with Crippen LogP contribution < -0.4 is 0 Å². The van der Waals surface area contributed by atoms with Gasteiger partial charge in [-0.3, -0.25) is 9.97 Å². The maximum Gasteiger partial charge on any atom is 0.136 e. The summed E-state index contributed by atoms with van der Waals surface area (Å²) in [5.41, 5.74) is 6.64. The van der Waals surface area contributed by atoms with Gasteiger partial charge in [0.15, 0.2) is 0 Å². The van der Waals surface area contributed by atoms with E-state index in [1.54, 1.807) is 0 Å². The van der Waals surface area contributed by atoms with Gasteiger partial charge in [-0.2, -0.15) is 0 Å². The Hall–Kier alpha value is -3.20. The van der Waals surface area contributed by atoms with E-state index in [0.717, 1.165) is 33.0 Å². The van der Waals surface area contributed by atoms with Crippen molar-refractivity contribution < 1.29 is 4.42 Å². The smallest absolute Gasteiger partial charge is 0.136 e. The number of nitrogens with zero attached hydrogens (tertiary/aromatic N) is 2. The molecule has 0 atom stereocenters. The quantitative estimate of drug-likeness (QED) is 0.357. The molecule has 3 aromatic heterocycles. The minimum Gasteiger partial charge on any atom is -0.456 e. The molecule has 0 fully saturated rings. The first kappa shape index (κ1) is 14.0. The Balaban J connectivity index is 1.83. The van der Waals surface area contributed by atoms with E-state index in [2.05, 4.69) is 54.1 Å². The van der Waals surface area contributed by atoms with Crippen LogP contribution in [0.4, 0.5) is 0 Å². The Morgan fingerprint density at radius 2 is 1.85 bits per heavy atom. The molecule has 1 aliphatic carbocycles. The third-order valence-electron chi connectivity index (χ3n) is 5.76. The molecule has 2 aromatic carbocycles. The Labute approximate surface area is 150 Å². The number of furan rings is 1. The molecular weight excluding hydrogens is 320 g/mol. The van der Waals surface area contributed by atoms with Gasteiger partial charge in [-0.25, -0.2) is 0 Å². The minimum atomic E-state index is -0.112. The second-order valence-corrected chi connectivity index (χ2v) is 7.56. The number of hydrogen-bond acceptors (Lipinski definition) is 3. The van der Waals surface area contributed by atoms with E-state index in [1.165, 1.54) is 22.1 Å². The molecule has 0 bridgehead atoms. The van der Waals surface area contributed by atoms with Crippen LogP contribution in [-0.2, 0) is 5.41 Å². The third kappa shape index (κ3) is 1.58. The van der Waals surface area contributed by atoms with Crippen molar-refractivity contribution in [2.75, 3.05) is 0 Å². The van der Waals surface area contributed by atoms with Crippen LogP contribution in [0.3, 0.4) is 0 Å². The monoisotopic (exact) mass is 336 g/mol. The third-order valence-corrected chi connectivity index (χ3v) is 5.76. The van der Waals surface area contributed by atoms with Gasteiger partial charge in [0.1, 0.15) is 11.2 Å². The summed E-state index contributed by atoms with van der Waals surface area (Å²) in [4.78, 5) is 8.95. The molecule has 0 aliphatic heterocycles. The molecule has 0 N–H and O–H groups in total. The fraction of sp³-hybridized carbons (Fsp3) is 0.130. The standard InChI is InChI=1S/C23H16N2O/c1-23(2)17-4-3-8-25-22(17)15-5-6-18-20(21(15)23)16-10-14-12-24-9-7-13(14)11-19(16)26-18/h3-12H,1-2H3. The van der Waals surface area contributed by atoms with Crippen LogP contribution in [0.2, 0.25) is 0 Å². The molecule has 0 saturated carbocycles. The number of benzene rings is 2. The molecule has 6 rings (SSSR count). The minimum absolute atomic E-state index is 0.112. The lowest BCUT2D eigenvalue weighted by Gasteiger charge is -2.21. The normalized spacial score (nSPS) is 14.8. The van der Waals surface area contributed by atoms with E-state index in [1.807, 2.05) is 30.7 Å². The van der Waals surface area contributed by atoms with E-state index in [0.29, 0.717) is 0 Å². The molecule has 0 saturated heterocycles. The van der Waals surface area contributed by atoms with Crippen molar-refractivity contribution in [3.05, 3.63) is 72.2 Å². The van der Waals surface area contributed by atoms with Crippen LogP contribution >= 0.6 is 0 Å². The van der Waals surface area contributed by atoms with E-state index in [9.17, 15) is 0 Å². The SMILES string of the molecule is CC1(C)c2cccnc2-c2ccc3oc4cc5ccncc5cc4c3c21. The maximum atomic E-state index is 6.24. The Morgan fingerprint density at radius 1 is 0.923 bits per heavy atom. The van der Waals surface area contributed by atoms with Crippen LogP contribution in [0, 0.1) is 0 Å². The fourth-order valence-electron chi connectivity index (χ4n) is 4.55. The molecule has 5 aromatic rings. The highest BCUT2D eigenvalue weighted by atomic mass is 16.3. The molecule has 3 heteroatoms. The molecule has 0 unspecified atom stereocenters. The van der Waals surface area contributed by atoms with Crippen LogP contribution in [0.25, 0.3) is 44.0 Å². The number of pyridine rings is 2. The summed E-state index contributed by atoms with van der Waals surface area (Å²) < 4.78 is 6.24. The molecular formula is C23H16N2O. The summed E-state index contributed by atoms with van der Waals surface area (Å²) in [5.74, 6) is 0. The topological polar surface area (TPSA) is 38.9 Å². The molecule has 124 valence electrons. The van der Waals surface area contributed by atoms with Crippen molar-refractivity contribution in [1.29, 1.82) is 0 Å². The molecule has 3 heterocycles. The van der Waals surface area contributed by atoms with Crippen LogP contribution in [-0.4, -0.2) is 9.97 Å². The van der Waals surface area contributed by atoms with Crippen LogP contribution in [0.5, 0.6) is 0 Å². The summed E-state index contributed by atoms with van der Waals surface area (Å²) in [6, 6.07) is 14.8. The zero-order chi connectivity index (χ0) is 17.5. The number of aromatic nitrogens is 2. The average molecular weight is 336 g/mol. The Bertz CT molecular complexity index is 1360. The predicted octanol–water partition coefficient (Wildman–Crippen LogP) is 5.84. The largest absolute Gasteiger partial charge is 0.456 e. The van der Waals surface area contributed by atoms with Crippen molar-refractivity contribution in [2.45, 2.75) is 19.3 Å². The molecule has 0 radical (unpaired) electrons. The van der Waals surface area contributed by atoms with Gasteiger partial charge < -0.3 is 4.42 Å². The maximum absolute atomic E-state index is 6.24. The highest BCUT2D eigenvalue weighted by molar-refractivity contribution is 6.14. The van der Waals surface area contributed by atoms with Gasteiger partial charge in [0.05, 0.1) is 5.69 Å². The molecule has 0 amide bonds. The lowest BCUT2D eigenvalue weighted by Crippen LogP contribution is -2.15. The summed E-state index contributed by atoms with van der Waals surface area (Å²) in [5, 5.41) is 4.63. The van der Waals surface area contributed by atoms with Gasteiger partial charge in [-0.05, 0) is 52.9 Å². The van der Waals surface area contributed by atoms with Crippen LogP contribution in [0.1, 0.15) is 25.0 Å². The Morgan fingerprint density at radius 3 is 2.77 bits per heavy atom. The van der Waals surface area contributed by atoms with Gasteiger partial charge in [-0.1, -0.05) is 19.9 Å². The zero-order valence-electron chi connectivity index (χ0n) is 14.6. The van der Waals surface area contributed by atoms with Gasteiger partial charge in [0.2, 0.25) is 0 Å². The fourth-order valence-corrected chi connectivity index (χ4v) is 4.55. The lowest BCUT2D eigenvalue weighted by atomic mass is 9.80. The first-order valence-corrected chi connectivity index (χ1v) is 8.84. The summed E-state index contributed by atoms with van der Waals surface area (Å²) in [7, 11) is 0. The van der Waals surface area contributed by atoms with E-state index in [4.69, 9.17) is 4.42 Å². The van der Waals surface area contributed by atoms with Gasteiger partial charge in [-0.15, -0.1) is 0 Å². The Kier molecular flexibility index (Phi) is 2.42. The molecule has 0 spiro atoms. The number of fused-ring (bicyclic) bond motifs is 8. The second-order valence-electron chi connectivity index (χ2n) is 7.56. The van der Waals surface area contributed by atoms with Crippen molar-refractivity contribution in [3.8, 4) is 11.3 Å². The summed E-state index contributed by atoms with van der Waals surface area (Å²) >= 11 is 0. The molecule has 26 heavy (non-hydrogen) atoms. The molecule has 1 aliphatic rings. The van der Waals surface area contributed by atoms with E-state index < -0.39 is 0 Å². The van der Waals surface area contributed by atoms with E-state index >= 15 is 0 Å². The van der Waals surface area contributed by atoms with Gasteiger partial charge in [0, 0.05) is 45.7 Å².